The fourth-order valence-electron chi connectivity index (χ4n) is 8.79. The highest BCUT2D eigenvalue weighted by Crippen LogP contribution is 2.40. The van der Waals surface area contributed by atoms with Crippen molar-refractivity contribution in [1.82, 2.24) is 9.13 Å². The first-order chi connectivity index (χ1) is 26.0. The standard InChI is InChI=1S/C51H38N2/c1-5-35(53-50-24-14-10-20-41(50)42-21-11-15-25-51(42)53)29-46-34(4)52(49-23-13-12-22-43(46)49)36-27-26-32(2)44(30-36)45-31-48-40-19-9-7-17-38(40)37-16-6-8-18-39(37)47(48)28-33(45)3/h5-31H,4H2,1-3H3/b35-5+,46-29+. The number of nitrogens with zero attached hydrogens (tertiary/aromatic N) is 2. The van der Waals surface area contributed by atoms with Gasteiger partial charge in [0.25, 0.3) is 0 Å². The molecule has 0 unspecified atom stereocenters. The van der Waals surface area contributed by atoms with Crippen molar-refractivity contribution in [3.8, 4) is 16.8 Å². The summed E-state index contributed by atoms with van der Waals surface area (Å²) in [6.07, 6.45) is 4.53. The van der Waals surface area contributed by atoms with Gasteiger partial charge in [0.05, 0.1) is 16.6 Å². The van der Waals surface area contributed by atoms with Crippen LogP contribution in [0.25, 0.3) is 100 Å². The zero-order valence-electron chi connectivity index (χ0n) is 30.2. The first kappa shape index (κ1) is 31.1. The molecule has 0 amide bonds. The van der Waals surface area contributed by atoms with Crippen molar-refractivity contribution < 1.29 is 0 Å². The van der Waals surface area contributed by atoms with Crippen LogP contribution < -0.4 is 10.6 Å². The number of hydrogen-bond donors (Lipinski definition) is 0. The molecule has 0 aliphatic rings. The van der Waals surface area contributed by atoms with E-state index in [1.807, 2.05) is 0 Å². The Labute approximate surface area is 308 Å². The highest BCUT2D eigenvalue weighted by molar-refractivity contribution is 6.26. The lowest BCUT2D eigenvalue weighted by molar-refractivity contribution is 1.07. The van der Waals surface area contributed by atoms with Crippen LogP contribution in [0.3, 0.4) is 0 Å². The molecule has 0 bridgehead atoms. The van der Waals surface area contributed by atoms with Gasteiger partial charge in [-0.1, -0.05) is 128 Å². The molecule has 0 saturated heterocycles. The topological polar surface area (TPSA) is 9.86 Å². The van der Waals surface area contributed by atoms with E-state index in [2.05, 4.69) is 194 Å². The van der Waals surface area contributed by atoms with Crippen LogP contribution in [-0.4, -0.2) is 9.13 Å². The van der Waals surface area contributed by atoms with E-state index >= 15 is 0 Å². The van der Waals surface area contributed by atoms with Crippen molar-refractivity contribution in [3.63, 3.8) is 0 Å². The molecular weight excluding hydrogens is 641 g/mol. The minimum atomic E-state index is 0.966. The van der Waals surface area contributed by atoms with E-state index in [-0.39, 0.29) is 0 Å². The molecular formula is C51H38N2. The summed E-state index contributed by atoms with van der Waals surface area (Å²) in [5, 5.41) is 13.5. The lowest BCUT2D eigenvalue weighted by Gasteiger charge is -2.17. The van der Waals surface area contributed by atoms with Crippen molar-refractivity contribution in [2.45, 2.75) is 20.8 Å². The quantitative estimate of drug-likeness (QED) is 0.164. The molecule has 2 nitrogen and oxygen atoms in total. The maximum atomic E-state index is 4.77. The molecule has 53 heavy (non-hydrogen) atoms. The van der Waals surface area contributed by atoms with E-state index in [0.717, 1.165) is 27.5 Å². The Kier molecular flexibility index (Phi) is 7.03. The van der Waals surface area contributed by atoms with Gasteiger partial charge in [-0.2, -0.15) is 0 Å². The number of rotatable bonds is 4. The van der Waals surface area contributed by atoms with Gasteiger partial charge in [0.1, 0.15) is 0 Å². The third kappa shape index (κ3) is 4.65. The normalized spacial score (nSPS) is 12.7. The van der Waals surface area contributed by atoms with Crippen molar-refractivity contribution in [3.05, 3.63) is 179 Å². The van der Waals surface area contributed by atoms with Gasteiger partial charge < -0.3 is 9.13 Å². The molecule has 0 atom stereocenters. The molecule has 10 rings (SSSR count). The Morgan fingerprint density at radius 2 is 0.943 bits per heavy atom. The van der Waals surface area contributed by atoms with Crippen LogP contribution in [0.1, 0.15) is 18.1 Å². The molecule has 0 saturated carbocycles. The molecule has 0 aliphatic carbocycles. The molecule has 252 valence electrons. The van der Waals surface area contributed by atoms with Crippen molar-refractivity contribution in [2.24, 2.45) is 0 Å². The lowest BCUT2D eigenvalue weighted by Crippen LogP contribution is -2.27. The highest BCUT2D eigenvalue weighted by atomic mass is 15.0. The second-order valence-electron chi connectivity index (χ2n) is 14.2. The lowest BCUT2D eigenvalue weighted by atomic mass is 9.88. The molecule has 10 aromatic rings. The second-order valence-corrected chi connectivity index (χ2v) is 14.2. The first-order valence-electron chi connectivity index (χ1n) is 18.4. The fourth-order valence-corrected chi connectivity index (χ4v) is 8.79. The molecule has 8 aromatic carbocycles. The summed E-state index contributed by atoms with van der Waals surface area (Å²) in [6, 6.07) is 55.4. The summed E-state index contributed by atoms with van der Waals surface area (Å²) in [5.41, 5.74) is 10.8. The fraction of sp³-hybridized carbons (Fsp3) is 0.0588. The van der Waals surface area contributed by atoms with E-state index in [1.54, 1.807) is 0 Å². The average Bonchev–Trinajstić information content (AvgIpc) is 3.68. The minimum Gasteiger partial charge on any atom is -0.310 e. The predicted molar refractivity (Wildman–Crippen MR) is 229 cm³/mol. The number of benzene rings is 8. The maximum absolute atomic E-state index is 4.77. The number of aromatic nitrogens is 2. The summed E-state index contributed by atoms with van der Waals surface area (Å²) >= 11 is 0. The van der Waals surface area contributed by atoms with Gasteiger partial charge in [-0.25, -0.2) is 0 Å². The van der Waals surface area contributed by atoms with E-state index < -0.39 is 0 Å². The molecule has 2 aromatic heterocycles. The summed E-state index contributed by atoms with van der Waals surface area (Å²) in [6.45, 7) is 11.4. The number of aryl methyl sites for hydroxylation is 2. The van der Waals surface area contributed by atoms with Crippen LogP contribution in [0.5, 0.6) is 0 Å². The summed E-state index contributed by atoms with van der Waals surface area (Å²) in [7, 11) is 0. The molecule has 2 heterocycles. The molecule has 0 radical (unpaired) electrons. The van der Waals surface area contributed by atoms with Gasteiger partial charge >= 0.3 is 0 Å². The van der Waals surface area contributed by atoms with Gasteiger partial charge in [-0.3, -0.25) is 0 Å². The Balaban J connectivity index is 1.19. The van der Waals surface area contributed by atoms with Crippen molar-refractivity contribution >= 4 is 83.4 Å². The SMILES string of the molecule is C=c1/c(=C\C(=C/C)n2c3ccccc3c3ccccc32)c2ccccc2n1-c1ccc(C)c(-c2cc3c4ccccc4c4ccccc4c3cc2C)c1. The van der Waals surface area contributed by atoms with Crippen LogP contribution in [0, 0.1) is 13.8 Å². The predicted octanol–water partition coefficient (Wildman–Crippen LogP) is 12.2. The summed E-state index contributed by atoms with van der Waals surface area (Å²) < 4.78 is 4.72. The zero-order chi connectivity index (χ0) is 35.8. The Morgan fingerprint density at radius 3 is 1.53 bits per heavy atom. The van der Waals surface area contributed by atoms with Crippen LogP contribution in [0.4, 0.5) is 0 Å². The highest BCUT2D eigenvalue weighted by Gasteiger charge is 2.17. The van der Waals surface area contributed by atoms with Crippen molar-refractivity contribution in [1.29, 1.82) is 0 Å². The molecule has 0 aliphatic heterocycles. The molecule has 0 N–H and O–H groups in total. The van der Waals surface area contributed by atoms with Gasteiger partial charge in [0.2, 0.25) is 0 Å². The number of hydrogen-bond acceptors (Lipinski definition) is 0. The van der Waals surface area contributed by atoms with Crippen LogP contribution in [-0.2, 0) is 0 Å². The Morgan fingerprint density at radius 1 is 0.472 bits per heavy atom. The summed E-state index contributed by atoms with van der Waals surface area (Å²) in [4.78, 5) is 0. The maximum Gasteiger partial charge on any atom is 0.0540 e. The van der Waals surface area contributed by atoms with E-state index in [1.165, 1.54) is 81.8 Å². The van der Waals surface area contributed by atoms with E-state index in [4.69, 9.17) is 6.58 Å². The van der Waals surface area contributed by atoms with E-state index in [0.29, 0.717) is 0 Å². The van der Waals surface area contributed by atoms with Crippen LogP contribution in [0.2, 0.25) is 0 Å². The monoisotopic (exact) mass is 678 g/mol. The van der Waals surface area contributed by atoms with Gasteiger partial charge in [0.15, 0.2) is 0 Å². The van der Waals surface area contributed by atoms with Crippen molar-refractivity contribution in [2.75, 3.05) is 0 Å². The molecule has 2 heteroatoms. The van der Waals surface area contributed by atoms with Gasteiger partial charge in [0, 0.05) is 38.1 Å². The Bertz CT molecular complexity index is 3220. The third-order valence-electron chi connectivity index (χ3n) is 11.3. The van der Waals surface area contributed by atoms with Gasteiger partial charge in [-0.15, -0.1) is 0 Å². The molecule has 0 spiro atoms. The zero-order valence-corrected chi connectivity index (χ0v) is 30.2. The molecule has 0 fully saturated rings. The van der Waals surface area contributed by atoms with E-state index in [9.17, 15) is 0 Å². The average molecular weight is 679 g/mol. The summed E-state index contributed by atoms with van der Waals surface area (Å²) in [5.74, 6) is 0. The Hall–Kier alpha value is -6.64. The van der Waals surface area contributed by atoms with Crippen LogP contribution >= 0.6 is 0 Å². The number of fused-ring (bicyclic) bond motifs is 10. The second kappa shape index (κ2) is 12.0. The van der Waals surface area contributed by atoms with Gasteiger partial charge in [-0.05, 0) is 118 Å². The minimum absolute atomic E-state index is 0.966. The van der Waals surface area contributed by atoms with Crippen LogP contribution in [0.15, 0.2) is 158 Å². The largest absolute Gasteiger partial charge is 0.310 e. The third-order valence-corrected chi connectivity index (χ3v) is 11.3. The number of para-hydroxylation sites is 3. The number of allylic oxidation sites excluding steroid dienone is 2. The first-order valence-corrected chi connectivity index (χ1v) is 18.4. The smallest absolute Gasteiger partial charge is 0.0540 e.